The van der Waals surface area contributed by atoms with Crippen molar-refractivity contribution in [2.75, 3.05) is 0 Å². The first-order valence-corrected chi connectivity index (χ1v) is 8.78. The number of hydrogen-bond donors (Lipinski definition) is 0. The molecular formula is C16H17BrN2OS. The van der Waals surface area contributed by atoms with E-state index in [4.69, 9.17) is 4.74 Å². The summed E-state index contributed by atoms with van der Waals surface area (Å²) in [5.41, 5.74) is 2.48. The van der Waals surface area contributed by atoms with Gasteiger partial charge in [-0.25, -0.2) is 0 Å². The Morgan fingerprint density at radius 2 is 1.95 bits per heavy atom. The van der Waals surface area contributed by atoms with Gasteiger partial charge in [-0.2, -0.15) is 4.98 Å². The Hall–Kier alpha value is -1.33. The van der Waals surface area contributed by atoms with Gasteiger partial charge >= 0.3 is 0 Å². The Morgan fingerprint density at radius 1 is 1.24 bits per heavy atom. The van der Waals surface area contributed by atoms with Gasteiger partial charge in [-0.1, -0.05) is 48.8 Å². The first-order valence-electron chi connectivity index (χ1n) is 6.78. The van der Waals surface area contributed by atoms with Gasteiger partial charge in [0.05, 0.1) is 5.69 Å². The molecule has 0 aliphatic rings. The number of nitrogens with zero attached hydrogens (tertiary/aromatic N) is 2. The number of hydrogen-bond acceptors (Lipinski definition) is 3. The van der Waals surface area contributed by atoms with E-state index in [0.717, 1.165) is 16.4 Å². The number of thiazole rings is 1. The van der Waals surface area contributed by atoms with Crippen molar-refractivity contribution in [1.82, 2.24) is 9.38 Å². The monoisotopic (exact) mass is 364 g/mol. The molecule has 0 saturated heterocycles. The zero-order chi connectivity index (χ0) is 15.0. The highest BCUT2D eigenvalue weighted by atomic mass is 79.9. The summed E-state index contributed by atoms with van der Waals surface area (Å²) in [6.07, 6.45) is 2.01. The second-order valence-corrected chi connectivity index (χ2v) is 7.36. The molecule has 0 fully saturated rings. The summed E-state index contributed by atoms with van der Waals surface area (Å²) in [7, 11) is 0. The molecule has 0 unspecified atom stereocenters. The van der Waals surface area contributed by atoms with Gasteiger partial charge in [0.15, 0.2) is 4.96 Å². The van der Waals surface area contributed by atoms with E-state index in [2.05, 4.69) is 58.2 Å². The number of benzene rings is 1. The molecule has 0 amide bonds. The van der Waals surface area contributed by atoms with Crippen LogP contribution in [0.15, 0.2) is 35.8 Å². The minimum Gasteiger partial charge on any atom is -0.437 e. The molecule has 0 atom stereocenters. The van der Waals surface area contributed by atoms with Crippen molar-refractivity contribution >= 4 is 32.2 Å². The molecule has 5 heteroatoms. The molecule has 3 rings (SSSR count). The summed E-state index contributed by atoms with van der Waals surface area (Å²) < 4.78 is 8.01. The molecule has 0 aliphatic carbocycles. The normalized spacial score (nSPS) is 12.0. The zero-order valence-electron chi connectivity index (χ0n) is 12.3. The van der Waals surface area contributed by atoms with Crippen LogP contribution in [0.2, 0.25) is 0 Å². The summed E-state index contributed by atoms with van der Waals surface area (Å²) in [6.45, 7) is 6.61. The Morgan fingerprint density at radius 3 is 2.57 bits per heavy atom. The van der Waals surface area contributed by atoms with Crippen LogP contribution < -0.4 is 4.74 Å². The highest BCUT2D eigenvalue weighted by Crippen LogP contribution is 2.31. The van der Waals surface area contributed by atoms with Crippen LogP contribution in [-0.4, -0.2) is 9.38 Å². The van der Waals surface area contributed by atoms with Gasteiger partial charge < -0.3 is 4.74 Å². The van der Waals surface area contributed by atoms with Crippen molar-refractivity contribution in [3.8, 4) is 11.6 Å². The van der Waals surface area contributed by atoms with Gasteiger partial charge in [0.1, 0.15) is 5.75 Å². The molecule has 0 saturated carbocycles. The molecule has 2 aromatic heterocycles. The smallest absolute Gasteiger partial charge is 0.243 e. The third-order valence-electron chi connectivity index (χ3n) is 3.39. The number of alkyl halides is 1. The molecule has 0 radical (unpaired) electrons. The zero-order valence-corrected chi connectivity index (χ0v) is 14.7. The molecule has 110 valence electrons. The molecule has 0 N–H and O–H groups in total. The maximum atomic E-state index is 5.96. The molecule has 3 nitrogen and oxygen atoms in total. The average molecular weight is 365 g/mol. The number of aromatic nitrogens is 2. The second-order valence-electron chi connectivity index (χ2n) is 5.93. The van der Waals surface area contributed by atoms with Crippen LogP contribution >= 0.6 is 27.3 Å². The fraction of sp³-hybridized carbons (Fsp3) is 0.312. The van der Waals surface area contributed by atoms with Gasteiger partial charge in [-0.3, -0.25) is 4.40 Å². The summed E-state index contributed by atoms with van der Waals surface area (Å²) in [6, 6.07) is 8.24. The van der Waals surface area contributed by atoms with E-state index in [0.29, 0.717) is 11.2 Å². The predicted molar refractivity (Wildman–Crippen MR) is 90.9 cm³/mol. The van der Waals surface area contributed by atoms with Crippen molar-refractivity contribution in [3.05, 3.63) is 47.1 Å². The fourth-order valence-corrected chi connectivity index (χ4v) is 3.39. The fourth-order valence-electron chi connectivity index (χ4n) is 2.15. The number of ether oxygens (including phenoxy) is 1. The number of rotatable bonds is 3. The Labute approximate surface area is 136 Å². The summed E-state index contributed by atoms with van der Waals surface area (Å²) in [5.74, 6) is 1.48. The highest BCUT2D eigenvalue weighted by molar-refractivity contribution is 9.08. The molecular weight excluding hydrogens is 348 g/mol. The van der Waals surface area contributed by atoms with Crippen LogP contribution in [-0.2, 0) is 10.7 Å². The van der Waals surface area contributed by atoms with Gasteiger partial charge in [0, 0.05) is 16.9 Å². The lowest BCUT2D eigenvalue weighted by atomic mass is 9.87. The maximum Gasteiger partial charge on any atom is 0.243 e. The third-order valence-corrected chi connectivity index (χ3v) is 4.67. The second kappa shape index (κ2) is 5.46. The Bertz CT molecular complexity index is 753. The standard InChI is InChI=1S/C16H17BrN2OS/c1-16(2,3)11-4-6-12(7-5-11)20-14-13(10-17)19-8-9-21-15(19)18-14/h4-9H,10H2,1-3H3. The van der Waals surface area contributed by atoms with Crippen molar-refractivity contribution < 1.29 is 4.74 Å². The van der Waals surface area contributed by atoms with Crippen LogP contribution in [0, 0.1) is 0 Å². The molecule has 1 aromatic carbocycles. The molecule has 0 bridgehead atoms. The van der Waals surface area contributed by atoms with Crippen LogP contribution in [0.25, 0.3) is 4.96 Å². The first kappa shape index (κ1) is 14.6. The molecule has 2 heterocycles. The molecule has 0 aliphatic heterocycles. The van der Waals surface area contributed by atoms with Crippen LogP contribution in [0.3, 0.4) is 0 Å². The van der Waals surface area contributed by atoms with E-state index in [-0.39, 0.29) is 5.41 Å². The van der Waals surface area contributed by atoms with Gasteiger partial charge in [-0.05, 0) is 23.1 Å². The van der Waals surface area contributed by atoms with E-state index < -0.39 is 0 Å². The minimum atomic E-state index is 0.149. The van der Waals surface area contributed by atoms with Crippen LogP contribution in [0.4, 0.5) is 0 Å². The summed E-state index contributed by atoms with van der Waals surface area (Å²) in [4.78, 5) is 5.49. The van der Waals surface area contributed by atoms with Crippen LogP contribution in [0.5, 0.6) is 11.6 Å². The highest BCUT2D eigenvalue weighted by Gasteiger charge is 2.16. The minimum absolute atomic E-state index is 0.149. The predicted octanol–water partition coefficient (Wildman–Crippen LogP) is 5.38. The van der Waals surface area contributed by atoms with Crippen molar-refractivity contribution in [2.24, 2.45) is 0 Å². The van der Waals surface area contributed by atoms with Crippen molar-refractivity contribution in [1.29, 1.82) is 0 Å². The average Bonchev–Trinajstić information content (AvgIpc) is 2.98. The third kappa shape index (κ3) is 2.85. The van der Waals surface area contributed by atoms with Crippen LogP contribution in [0.1, 0.15) is 32.0 Å². The van der Waals surface area contributed by atoms with E-state index in [1.54, 1.807) is 11.3 Å². The molecule has 21 heavy (non-hydrogen) atoms. The number of imidazole rings is 1. The van der Waals surface area contributed by atoms with Crippen molar-refractivity contribution in [3.63, 3.8) is 0 Å². The SMILES string of the molecule is CC(C)(C)c1ccc(Oc2nc3sccn3c2CBr)cc1. The summed E-state index contributed by atoms with van der Waals surface area (Å²) in [5, 5.41) is 2.73. The summed E-state index contributed by atoms with van der Waals surface area (Å²) >= 11 is 5.11. The van der Waals surface area contributed by atoms with E-state index in [1.807, 2.05) is 23.7 Å². The largest absolute Gasteiger partial charge is 0.437 e. The molecule has 3 aromatic rings. The van der Waals surface area contributed by atoms with Crippen molar-refractivity contribution in [2.45, 2.75) is 31.5 Å². The lowest BCUT2D eigenvalue weighted by Gasteiger charge is -2.19. The van der Waals surface area contributed by atoms with Gasteiger partial charge in [-0.15, -0.1) is 11.3 Å². The quantitative estimate of drug-likeness (QED) is 0.583. The van der Waals surface area contributed by atoms with E-state index in [9.17, 15) is 0 Å². The topological polar surface area (TPSA) is 26.5 Å². The Balaban J connectivity index is 1.89. The first-order chi connectivity index (χ1) is 9.99. The van der Waals surface area contributed by atoms with Gasteiger partial charge in [0.2, 0.25) is 5.88 Å². The Kier molecular flexibility index (Phi) is 3.80. The lowest BCUT2D eigenvalue weighted by molar-refractivity contribution is 0.461. The number of fused-ring (bicyclic) bond motifs is 1. The lowest BCUT2D eigenvalue weighted by Crippen LogP contribution is -2.10. The van der Waals surface area contributed by atoms with Gasteiger partial charge in [0.25, 0.3) is 0 Å². The maximum absolute atomic E-state index is 5.96. The van der Waals surface area contributed by atoms with E-state index in [1.165, 1.54) is 5.56 Å². The number of halogens is 1. The van der Waals surface area contributed by atoms with E-state index >= 15 is 0 Å². The molecule has 0 spiro atoms.